The van der Waals surface area contributed by atoms with Gasteiger partial charge in [-0.25, -0.2) is 8.42 Å². The van der Waals surface area contributed by atoms with Crippen molar-refractivity contribution >= 4 is 21.4 Å². The molecule has 0 atom stereocenters. The van der Waals surface area contributed by atoms with Crippen LogP contribution >= 0.6 is 0 Å². The summed E-state index contributed by atoms with van der Waals surface area (Å²) in [6.45, 7) is 3.96. The number of piperazine rings is 1. The number of sulfonamides is 1. The smallest absolute Gasteiger partial charge is 0.261 e. The standard InChI is InChI=1S/C18H20N4O2S/c1-21-9-11-22(12-10-21)17-7-5-16(6-8-17)20-25(23,24)18-4-2-3-15(13-18)14-19/h2-8,13,20H,9-12H2,1H3. The predicted molar refractivity (Wildman–Crippen MR) is 98.1 cm³/mol. The molecule has 1 aliphatic rings. The Kier molecular flexibility index (Phi) is 4.93. The molecule has 0 amide bonds. The van der Waals surface area contributed by atoms with E-state index in [1.165, 1.54) is 12.1 Å². The van der Waals surface area contributed by atoms with Crippen LogP contribution in [0.15, 0.2) is 53.4 Å². The van der Waals surface area contributed by atoms with Crippen molar-refractivity contribution in [2.75, 3.05) is 42.8 Å². The molecule has 0 radical (unpaired) electrons. The lowest BCUT2D eigenvalue weighted by atomic mass is 10.2. The second-order valence-electron chi connectivity index (χ2n) is 6.08. The van der Waals surface area contributed by atoms with Crippen LogP contribution in [0.1, 0.15) is 5.56 Å². The number of hydrogen-bond acceptors (Lipinski definition) is 5. The normalized spacial score (nSPS) is 15.6. The summed E-state index contributed by atoms with van der Waals surface area (Å²) in [5.74, 6) is 0. The predicted octanol–water partition coefficient (Wildman–Crippen LogP) is 2.11. The summed E-state index contributed by atoms with van der Waals surface area (Å²) in [6, 6.07) is 15.3. The monoisotopic (exact) mass is 356 g/mol. The summed E-state index contributed by atoms with van der Waals surface area (Å²) < 4.78 is 27.5. The minimum Gasteiger partial charge on any atom is -0.369 e. The molecule has 0 spiro atoms. The molecule has 1 saturated heterocycles. The molecule has 0 aliphatic carbocycles. The zero-order chi connectivity index (χ0) is 17.9. The molecule has 0 saturated carbocycles. The zero-order valence-electron chi connectivity index (χ0n) is 14.0. The lowest BCUT2D eigenvalue weighted by Gasteiger charge is -2.34. The number of nitrogens with zero attached hydrogens (tertiary/aromatic N) is 3. The summed E-state index contributed by atoms with van der Waals surface area (Å²) in [7, 11) is -1.60. The van der Waals surface area contributed by atoms with E-state index in [9.17, 15) is 8.42 Å². The van der Waals surface area contributed by atoms with Gasteiger partial charge in [-0.15, -0.1) is 0 Å². The molecule has 1 N–H and O–H groups in total. The molecule has 7 heteroatoms. The minimum atomic E-state index is -3.71. The summed E-state index contributed by atoms with van der Waals surface area (Å²) in [5, 5.41) is 8.92. The Labute approximate surface area is 148 Å². The number of nitriles is 1. The molecule has 0 aromatic heterocycles. The SMILES string of the molecule is CN1CCN(c2ccc(NS(=O)(=O)c3cccc(C#N)c3)cc2)CC1. The Morgan fingerprint density at radius 2 is 1.72 bits per heavy atom. The highest BCUT2D eigenvalue weighted by Gasteiger charge is 2.16. The summed E-state index contributed by atoms with van der Waals surface area (Å²) in [6.07, 6.45) is 0. The van der Waals surface area contributed by atoms with Crippen molar-refractivity contribution in [1.29, 1.82) is 5.26 Å². The van der Waals surface area contributed by atoms with Crippen LogP contribution in [-0.4, -0.2) is 46.5 Å². The van der Waals surface area contributed by atoms with Crippen LogP contribution in [0.5, 0.6) is 0 Å². The lowest BCUT2D eigenvalue weighted by molar-refractivity contribution is 0.313. The van der Waals surface area contributed by atoms with Crippen LogP contribution < -0.4 is 9.62 Å². The van der Waals surface area contributed by atoms with Crippen LogP contribution in [0.25, 0.3) is 0 Å². The van der Waals surface area contributed by atoms with E-state index in [1.807, 2.05) is 18.2 Å². The van der Waals surface area contributed by atoms with Crippen LogP contribution in [0.4, 0.5) is 11.4 Å². The number of hydrogen-bond donors (Lipinski definition) is 1. The third kappa shape index (κ3) is 4.10. The first-order chi connectivity index (χ1) is 12.0. The van der Waals surface area contributed by atoms with Gasteiger partial charge in [0.1, 0.15) is 0 Å². The quantitative estimate of drug-likeness (QED) is 0.908. The fourth-order valence-electron chi connectivity index (χ4n) is 2.75. The molecule has 0 unspecified atom stereocenters. The number of rotatable bonds is 4. The number of likely N-dealkylation sites (N-methyl/N-ethyl adjacent to an activating group) is 1. The number of anilines is 2. The van der Waals surface area contributed by atoms with Gasteiger partial charge in [-0.05, 0) is 49.5 Å². The molecule has 25 heavy (non-hydrogen) atoms. The van der Waals surface area contributed by atoms with Gasteiger partial charge in [-0.2, -0.15) is 5.26 Å². The van der Waals surface area contributed by atoms with E-state index in [4.69, 9.17) is 5.26 Å². The zero-order valence-corrected chi connectivity index (χ0v) is 14.8. The highest BCUT2D eigenvalue weighted by molar-refractivity contribution is 7.92. The van der Waals surface area contributed by atoms with E-state index in [1.54, 1.807) is 24.3 Å². The maximum absolute atomic E-state index is 12.5. The fraction of sp³-hybridized carbons (Fsp3) is 0.278. The average Bonchev–Trinajstić information content (AvgIpc) is 2.63. The second kappa shape index (κ2) is 7.13. The van der Waals surface area contributed by atoms with Gasteiger partial charge < -0.3 is 9.80 Å². The molecule has 1 fully saturated rings. The molecule has 130 valence electrons. The molecule has 3 rings (SSSR count). The highest BCUT2D eigenvalue weighted by atomic mass is 32.2. The van der Waals surface area contributed by atoms with Gasteiger partial charge in [0.2, 0.25) is 0 Å². The van der Waals surface area contributed by atoms with Gasteiger partial charge in [-0.1, -0.05) is 6.07 Å². The molecule has 2 aromatic carbocycles. The highest BCUT2D eigenvalue weighted by Crippen LogP contribution is 2.22. The molecule has 1 heterocycles. The van der Waals surface area contributed by atoms with Gasteiger partial charge in [0, 0.05) is 37.6 Å². The molecule has 2 aromatic rings. The van der Waals surface area contributed by atoms with Gasteiger partial charge in [0.15, 0.2) is 0 Å². The number of benzene rings is 2. The van der Waals surface area contributed by atoms with Gasteiger partial charge in [-0.3, -0.25) is 4.72 Å². The van der Waals surface area contributed by atoms with Crippen LogP contribution in [-0.2, 0) is 10.0 Å². The van der Waals surface area contributed by atoms with Gasteiger partial charge in [0.25, 0.3) is 10.0 Å². The summed E-state index contributed by atoms with van der Waals surface area (Å²) in [4.78, 5) is 4.65. The van der Waals surface area contributed by atoms with Crippen molar-refractivity contribution in [3.05, 3.63) is 54.1 Å². The Hall–Kier alpha value is -2.56. The maximum atomic E-state index is 12.5. The van der Waals surface area contributed by atoms with Crippen molar-refractivity contribution in [2.24, 2.45) is 0 Å². The average molecular weight is 356 g/mol. The minimum absolute atomic E-state index is 0.0784. The third-order valence-corrected chi connectivity index (χ3v) is 5.64. The Balaban J connectivity index is 1.73. The Morgan fingerprint density at radius 1 is 1.04 bits per heavy atom. The van der Waals surface area contributed by atoms with Crippen molar-refractivity contribution in [3.63, 3.8) is 0 Å². The van der Waals surface area contributed by atoms with Gasteiger partial charge in [0.05, 0.1) is 16.5 Å². The molecular formula is C18H20N4O2S. The van der Waals surface area contributed by atoms with E-state index in [0.717, 1.165) is 31.9 Å². The molecule has 1 aliphatic heterocycles. The lowest BCUT2D eigenvalue weighted by Crippen LogP contribution is -2.44. The first-order valence-corrected chi connectivity index (χ1v) is 9.53. The molecule has 0 bridgehead atoms. The third-order valence-electron chi connectivity index (χ3n) is 4.26. The van der Waals surface area contributed by atoms with E-state index in [2.05, 4.69) is 21.6 Å². The molecule has 6 nitrogen and oxygen atoms in total. The maximum Gasteiger partial charge on any atom is 0.261 e. The van der Waals surface area contributed by atoms with E-state index < -0.39 is 10.0 Å². The largest absolute Gasteiger partial charge is 0.369 e. The van der Waals surface area contributed by atoms with Gasteiger partial charge >= 0.3 is 0 Å². The van der Waals surface area contributed by atoms with E-state index >= 15 is 0 Å². The number of nitrogens with one attached hydrogen (secondary N) is 1. The second-order valence-corrected chi connectivity index (χ2v) is 7.76. The first kappa shape index (κ1) is 17.3. The van der Waals surface area contributed by atoms with Crippen molar-refractivity contribution in [2.45, 2.75) is 4.90 Å². The Morgan fingerprint density at radius 3 is 2.36 bits per heavy atom. The van der Waals surface area contributed by atoms with Crippen molar-refractivity contribution in [3.8, 4) is 6.07 Å². The molecular weight excluding hydrogens is 336 g/mol. The summed E-state index contributed by atoms with van der Waals surface area (Å²) >= 11 is 0. The summed E-state index contributed by atoms with van der Waals surface area (Å²) in [5.41, 5.74) is 1.90. The van der Waals surface area contributed by atoms with E-state index in [-0.39, 0.29) is 4.90 Å². The van der Waals surface area contributed by atoms with Crippen molar-refractivity contribution in [1.82, 2.24) is 4.90 Å². The van der Waals surface area contributed by atoms with Crippen LogP contribution in [0.3, 0.4) is 0 Å². The first-order valence-electron chi connectivity index (χ1n) is 8.04. The van der Waals surface area contributed by atoms with Crippen LogP contribution in [0.2, 0.25) is 0 Å². The topological polar surface area (TPSA) is 76.4 Å². The van der Waals surface area contributed by atoms with E-state index in [0.29, 0.717) is 11.3 Å². The van der Waals surface area contributed by atoms with Crippen LogP contribution in [0, 0.1) is 11.3 Å². The Bertz CT molecular complexity index is 880. The fourth-order valence-corrected chi connectivity index (χ4v) is 3.86. The van der Waals surface area contributed by atoms with Crippen molar-refractivity contribution < 1.29 is 8.42 Å².